The first-order valence-electron chi connectivity index (χ1n) is 9.51. The summed E-state index contributed by atoms with van der Waals surface area (Å²) in [4.78, 5) is 28.9. The van der Waals surface area contributed by atoms with Crippen LogP contribution < -0.4 is 5.32 Å². The van der Waals surface area contributed by atoms with Crippen molar-refractivity contribution in [1.29, 1.82) is 0 Å². The van der Waals surface area contributed by atoms with Gasteiger partial charge in [0, 0.05) is 51.3 Å². The van der Waals surface area contributed by atoms with Crippen LogP contribution in [-0.4, -0.2) is 54.3 Å². The third-order valence-electron chi connectivity index (χ3n) is 4.99. The van der Waals surface area contributed by atoms with Gasteiger partial charge < -0.3 is 10.2 Å². The molecule has 2 amide bonds. The smallest absolute Gasteiger partial charge is 0.251 e. The summed E-state index contributed by atoms with van der Waals surface area (Å²) in [7, 11) is 0. The fraction of sp³-hybridized carbons (Fsp3) is 0.364. The lowest BCUT2D eigenvalue weighted by atomic mass is 10.1. The number of carbonyl (C=O) groups is 2. The number of carbonyl (C=O) groups excluding carboxylic acids is 2. The largest absolute Gasteiger partial charge is 0.352 e. The van der Waals surface area contributed by atoms with E-state index in [0.717, 1.165) is 38.3 Å². The number of amides is 2. The van der Waals surface area contributed by atoms with Crippen LogP contribution >= 0.6 is 0 Å². The minimum absolute atomic E-state index is 0.111. The summed E-state index contributed by atoms with van der Waals surface area (Å²) < 4.78 is 0. The van der Waals surface area contributed by atoms with Crippen molar-refractivity contribution in [3.63, 3.8) is 0 Å². The number of hydrogen-bond donors (Lipinski definition) is 1. The van der Waals surface area contributed by atoms with E-state index < -0.39 is 0 Å². The standard InChI is InChI=1S/C22H27N3O2/c1-18-7-5-6-10-20(18)22(27)23-12-11-21(26)25-15-13-24(14-16-25)17-19-8-3-2-4-9-19/h2-10H,11-17H2,1H3,(H,23,27). The molecule has 142 valence electrons. The summed E-state index contributed by atoms with van der Waals surface area (Å²) in [6.07, 6.45) is 0.344. The number of piperazine rings is 1. The van der Waals surface area contributed by atoms with Crippen LogP contribution in [0.5, 0.6) is 0 Å². The summed E-state index contributed by atoms with van der Waals surface area (Å²) in [5.41, 5.74) is 2.91. The van der Waals surface area contributed by atoms with E-state index in [-0.39, 0.29) is 11.8 Å². The predicted octanol–water partition coefficient (Wildman–Crippen LogP) is 2.46. The Morgan fingerprint density at radius 3 is 2.30 bits per heavy atom. The molecular formula is C22H27N3O2. The second-order valence-electron chi connectivity index (χ2n) is 6.96. The summed E-state index contributed by atoms with van der Waals surface area (Å²) in [6.45, 7) is 6.47. The van der Waals surface area contributed by atoms with E-state index in [2.05, 4.69) is 34.5 Å². The van der Waals surface area contributed by atoms with Crippen LogP contribution in [0.3, 0.4) is 0 Å². The van der Waals surface area contributed by atoms with Crippen LogP contribution in [0.2, 0.25) is 0 Å². The van der Waals surface area contributed by atoms with Gasteiger partial charge in [-0.05, 0) is 24.1 Å². The number of nitrogens with one attached hydrogen (secondary N) is 1. The quantitative estimate of drug-likeness (QED) is 0.856. The molecule has 0 atom stereocenters. The van der Waals surface area contributed by atoms with Gasteiger partial charge in [-0.1, -0.05) is 48.5 Å². The zero-order valence-electron chi connectivity index (χ0n) is 15.9. The van der Waals surface area contributed by atoms with Crippen molar-refractivity contribution in [1.82, 2.24) is 15.1 Å². The lowest BCUT2D eigenvalue weighted by Crippen LogP contribution is -2.48. The van der Waals surface area contributed by atoms with Gasteiger partial charge in [-0.3, -0.25) is 14.5 Å². The van der Waals surface area contributed by atoms with Gasteiger partial charge in [-0.15, -0.1) is 0 Å². The first-order chi connectivity index (χ1) is 13.1. The maximum absolute atomic E-state index is 12.4. The number of benzene rings is 2. The van der Waals surface area contributed by atoms with Gasteiger partial charge in [0.2, 0.25) is 5.91 Å². The average Bonchev–Trinajstić information content (AvgIpc) is 2.69. The predicted molar refractivity (Wildman–Crippen MR) is 106 cm³/mol. The van der Waals surface area contributed by atoms with E-state index >= 15 is 0 Å². The average molecular weight is 365 g/mol. The number of aryl methyl sites for hydroxylation is 1. The SMILES string of the molecule is Cc1ccccc1C(=O)NCCC(=O)N1CCN(Cc2ccccc2)CC1. The molecule has 1 aliphatic heterocycles. The third-order valence-corrected chi connectivity index (χ3v) is 4.99. The summed E-state index contributed by atoms with van der Waals surface area (Å²) in [5.74, 6) is -0.00646. The molecule has 5 nitrogen and oxygen atoms in total. The molecule has 0 spiro atoms. The molecule has 1 heterocycles. The van der Waals surface area contributed by atoms with Gasteiger partial charge in [0.05, 0.1) is 0 Å². The Kier molecular flexibility index (Phi) is 6.60. The van der Waals surface area contributed by atoms with Crippen LogP contribution in [-0.2, 0) is 11.3 Å². The van der Waals surface area contributed by atoms with Gasteiger partial charge in [0.15, 0.2) is 0 Å². The second-order valence-corrected chi connectivity index (χ2v) is 6.96. The molecule has 27 heavy (non-hydrogen) atoms. The van der Waals surface area contributed by atoms with E-state index in [9.17, 15) is 9.59 Å². The first-order valence-corrected chi connectivity index (χ1v) is 9.51. The molecule has 0 saturated carbocycles. The Morgan fingerprint density at radius 1 is 0.926 bits per heavy atom. The molecule has 0 aliphatic carbocycles. The normalized spacial score (nSPS) is 14.8. The summed E-state index contributed by atoms with van der Waals surface area (Å²) in [5, 5.41) is 2.85. The molecule has 5 heteroatoms. The van der Waals surface area contributed by atoms with E-state index in [1.807, 2.05) is 36.1 Å². The van der Waals surface area contributed by atoms with Gasteiger partial charge in [-0.25, -0.2) is 0 Å². The first kappa shape index (κ1) is 19.1. The highest BCUT2D eigenvalue weighted by Gasteiger charge is 2.21. The summed E-state index contributed by atoms with van der Waals surface area (Å²) >= 11 is 0. The van der Waals surface area contributed by atoms with Gasteiger partial charge in [0.25, 0.3) is 5.91 Å². The number of rotatable bonds is 6. The van der Waals surface area contributed by atoms with Gasteiger partial charge in [0.1, 0.15) is 0 Å². The van der Waals surface area contributed by atoms with Crippen molar-refractivity contribution in [2.45, 2.75) is 19.9 Å². The van der Waals surface area contributed by atoms with Crippen LogP contribution in [0, 0.1) is 6.92 Å². The molecule has 0 unspecified atom stereocenters. The van der Waals surface area contributed by atoms with E-state index in [1.165, 1.54) is 5.56 Å². The molecule has 2 aromatic carbocycles. The molecule has 1 aliphatic rings. The Labute approximate surface area is 161 Å². The number of hydrogen-bond acceptors (Lipinski definition) is 3. The van der Waals surface area contributed by atoms with Crippen molar-refractivity contribution >= 4 is 11.8 Å². The van der Waals surface area contributed by atoms with E-state index in [0.29, 0.717) is 18.5 Å². The van der Waals surface area contributed by atoms with E-state index in [1.54, 1.807) is 6.07 Å². The minimum Gasteiger partial charge on any atom is -0.352 e. The highest BCUT2D eigenvalue weighted by atomic mass is 16.2. The van der Waals surface area contributed by atoms with Crippen LogP contribution in [0.15, 0.2) is 54.6 Å². The maximum Gasteiger partial charge on any atom is 0.251 e. The monoisotopic (exact) mass is 365 g/mol. The second kappa shape index (κ2) is 9.33. The molecule has 0 bridgehead atoms. The molecular weight excluding hydrogens is 338 g/mol. The lowest BCUT2D eigenvalue weighted by molar-refractivity contribution is -0.132. The lowest BCUT2D eigenvalue weighted by Gasteiger charge is -2.34. The fourth-order valence-corrected chi connectivity index (χ4v) is 3.36. The van der Waals surface area contributed by atoms with Gasteiger partial charge in [-0.2, -0.15) is 0 Å². The molecule has 2 aromatic rings. The van der Waals surface area contributed by atoms with Crippen molar-refractivity contribution in [2.24, 2.45) is 0 Å². The van der Waals surface area contributed by atoms with Crippen molar-refractivity contribution < 1.29 is 9.59 Å². The highest BCUT2D eigenvalue weighted by Crippen LogP contribution is 2.10. The molecule has 0 radical (unpaired) electrons. The molecule has 1 N–H and O–H groups in total. The molecule has 0 aromatic heterocycles. The summed E-state index contributed by atoms with van der Waals surface area (Å²) in [6, 6.07) is 17.9. The van der Waals surface area contributed by atoms with Crippen LogP contribution in [0.25, 0.3) is 0 Å². The van der Waals surface area contributed by atoms with Crippen LogP contribution in [0.1, 0.15) is 27.9 Å². The van der Waals surface area contributed by atoms with Crippen molar-refractivity contribution in [3.05, 3.63) is 71.3 Å². The highest BCUT2D eigenvalue weighted by molar-refractivity contribution is 5.95. The third kappa shape index (κ3) is 5.41. The number of nitrogens with zero attached hydrogens (tertiary/aromatic N) is 2. The Bertz CT molecular complexity index is 768. The topological polar surface area (TPSA) is 52.7 Å². The van der Waals surface area contributed by atoms with Gasteiger partial charge >= 0.3 is 0 Å². The van der Waals surface area contributed by atoms with Crippen molar-refractivity contribution in [3.8, 4) is 0 Å². The van der Waals surface area contributed by atoms with Crippen molar-refractivity contribution in [2.75, 3.05) is 32.7 Å². The zero-order chi connectivity index (χ0) is 19.1. The Hall–Kier alpha value is -2.66. The molecule has 1 saturated heterocycles. The van der Waals surface area contributed by atoms with E-state index in [4.69, 9.17) is 0 Å². The Balaban J connectivity index is 1.38. The zero-order valence-corrected chi connectivity index (χ0v) is 15.9. The maximum atomic E-state index is 12.4. The van der Waals surface area contributed by atoms with Crippen LogP contribution in [0.4, 0.5) is 0 Å². The Morgan fingerprint density at radius 2 is 1.59 bits per heavy atom. The minimum atomic E-state index is -0.117. The molecule has 1 fully saturated rings. The fourth-order valence-electron chi connectivity index (χ4n) is 3.36. The molecule has 3 rings (SSSR count).